The molecule has 1 aromatic carbocycles. The zero-order chi connectivity index (χ0) is 18.1. The van der Waals surface area contributed by atoms with Gasteiger partial charge in [0.05, 0.1) is 23.1 Å². The van der Waals surface area contributed by atoms with Crippen LogP contribution in [0.5, 0.6) is 0 Å². The average molecular weight is 350 g/mol. The molecule has 7 nitrogen and oxygen atoms in total. The molecule has 0 saturated heterocycles. The SMILES string of the molecule is Cc1nn(C)c(C)c1CC(=O)N[C@H](C)c1ccc(S(N)(=O)=O)cc1. The van der Waals surface area contributed by atoms with Crippen molar-refractivity contribution in [1.82, 2.24) is 15.1 Å². The van der Waals surface area contributed by atoms with Gasteiger partial charge in [0.15, 0.2) is 0 Å². The van der Waals surface area contributed by atoms with Gasteiger partial charge >= 0.3 is 0 Å². The van der Waals surface area contributed by atoms with E-state index in [1.807, 2.05) is 27.8 Å². The summed E-state index contributed by atoms with van der Waals surface area (Å²) < 4.78 is 24.3. The average Bonchev–Trinajstić information content (AvgIpc) is 2.73. The van der Waals surface area contributed by atoms with Gasteiger partial charge in [-0.15, -0.1) is 0 Å². The van der Waals surface area contributed by atoms with Crippen LogP contribution in [0, 0.1) is 13.8 Å². The number of benzene rings is 1. The summed E-state index contributed by atoms with van der Waals surface area (Å²) in [6.45, 7) is 5.65. The predicted molar refractivity (Wildman–Crippen MR) is 90.8 cm³/mol. The molecule has 0 radical (unpaired) electrons. The van der Waals surface area contributed by atoms with E-state index in [2.05, 4.69) is 10.4 Å². The van der Waals surface area contributed by atoms with Crippen LogP contribution in [-0.2, 0) is 28.3 Å². The molecule has 1 heterocycles. The number of rotatable bonds is 5. The largest absolute Gasteiger partial charge is 0.349 e. The van der Waals surface area contributed by atoms with E-state index in [0.717, 1.165) is 22.5 Å². The summed E-state index contributed by atoms with van der Waals surface area (Å²) >= 11 is 0. The molecule has 0 saturated carbocycles. The van der Waals surface area contributed by atoms with E-state index >= 15 is 0 Å². The molecule has 0 fully saturated rings. The zero-order valence-corrected chi connectivity index (χ0v) is 15.0. The number of nitrogens with two attached hydrogens (primary N) is 1. The Labute approximate surface area is 141 Å². The summed E-state index contributed by atoms with van der Waals surface area (Å²) in [7, 11) is -1.87. The fourth-order valence-electron chi connectivity index (χ4n) is 2.56. The van der Waals surface area contributed by atoms with Gasteiger partial charge in [-0.05, 0) is 38.5 Å². The lowest BCUT2D eigenvalue weighted by molar-refractivity contribution is -0.121. The molecule has 0 aliphatic rings. The van der Waals surface area contributed by atoms with Crippen LogP contribution in [0.3, 0.4) is 0 Å². The number of carbonyl (C=O) groups is 1. The Hall–Kier alpha value is -2.19. The second kappa shape index (κ2) is 6.74. The quantitative estimate of drug-likeness (QED) is 0.842. The molecule has 2 aromatic rings. The number of primary sulfonamides is 1. The van der Waals surface area contributed by atoms with Crippen molar-refractivity contribution in [2.45, 2.75) is 38.1 Å². The molecule has 24 heavy (non-hydrogen) atoms. The molecule has 3 N–H and O–H groups in total. The van der Waals surface area contributed by atoms with Crippen molar-refractivity contribution in [2.75, 3.05) is 0 Å². The van der Waals surface area contributed by atoms with Crippen molar-refractivity contribution in [1.29, 1.82) is 0 Å². The molecule has 0 bridgehead atoms. The van der Waals surface area contributed by atoms with Crippen LogP contribution in [0.2, 0.25) is 0 Å². The Morgan fingerprint density at radius 2 is 1.88 bits per heavy atom. The Bertz CT molecular complexity index is 854. The maximum absolute atomic E-state index is 12.3. The summed E-state index contributed by atoms with van der Waals surface area (Å²) in [6, 6.07) is 5.91. The Balaban J connectivity index is 2.06. The minimum atomic E-state index is -3.71. The topological polar surface area (TPSA) is 107 Å². The van der Waals surface area contributed by atoms with Gasteiger partial charge in [-0.25, -0.2) is 13.6 Å². The Morgan fingerprint density at radius 3 is 2.33 bits per heavy atom. The van der Waals surface area contributed by atoms with Gasteiger partial charge in [0.25, 0.3) is 0 Å². The lowest BCUT2D eigenvalue weighted by Gasteiger charge is -2.15. The standard InChI is InChI=1S/C16H22N4O3S/c1-10(13-5-7-14(8-6-13)24(17,22)23)18-16(21)9-15-11(2)19-20(4)12(15)3/h5-8,10H,9H2,1-4H3,(H,18,21)(H2,17,22,23)/t10-/m1/s1. The lowest BCUT2D eigenvalue weighted by Crippen LogP contribution is -2.28. The highest BCUT2D eigenvalue weighted by Gasteiger charge is 2.16. The van der Waals surface area contributed by atoms with E-state index in [0.29, 0.717) is 0 Å². The van der Waals surface area contributed by atoms with E-state index in [1.54, 1.807) is 16.8 Å². The smallest absolute Gasteiger partial charge is 0.238 e. The third-order valence-electron chi connectivity index (χ3n) is 4.08. The van der Waals surface area contributed by atoms with Gasteiger partial charge in [-0.3, -0.25) is 9.48 Å². The Morgan fingerprint density at radius 1 is 1.29 bits per heavy atom. The number of amides is 1. The summed E-state index contributed by atoms with van der Waals surface area (Å²) in [6.07, 6.45) is 0.255. The third kappa shape index (κ3) is 4.01. The molecule has 1 amide bonds. The van der Waals surface area contributed by atoms with Gasteiger partial charge in [-0.2, -0.15) is 5.10 Å². The first-order valence-corrected chi connectivity index (χ1v) is 9.05. The van der Waals surface area contributed by atoms with E-state index in [1.165, 1.54) is 12.1 Å². The molecule has 0 aliphatic carbocycles. The van der Waals surface area contributed by atoms with Gasteiger partial charge in [0.1, 0.15) is 0 Å². The highest BCUT2D eigenvalue weighted by molar-refractivity contribution is 7.89. The van der Waals surface area contributed by atoms with E-state index in [-0.39, 0.29) is 23.3 Å². The molecule has 1 atom stereocenters. The molecular formula is C16H22N4O3S. The minimum absolute atomic E-state index is 0.0476. The summed E-state index contributed by atoms with van der Waals surface area (Å²) in [4.78, 5) is 12.3. The summed E-state index contributed by atoms with van der Waals surface area (Å²) in [5.74, 6) is -0.114. The molecule has 130 valence electrons. The number of hydrogen-bond donors (Lipinski definition) is 2. The number of aryl methyl sites for hydroxylation is 2. The van der Waals surface area contributed by atoms with Gasteiger partial charge < -0.3 is 5.32 Å². The van der Waals surface area contributed by atoms with Gasteiger partial charge in [0, 0.05) is 18.3 Å². The fourth-order valence-corrected chi connectivity index (χ4v) is 3.07. The molecule has 0 unspecified atom stereocenters. The van der Waals surface area contributed by atoms with Crippen molar-refractivity contribution in [3.05, 3.63) is 46.8 Å². The van der Waals surface area contributed by atoms with Crippen LogP contribution in [0.25, 0.3) is 0 Å². The molecule has 1 aromatic heterocycles. The molecular weight excluding hydrogens is 328 g/mol. The Kier molecular flexibility index (Phi) is 5.10. The number of nitrogens with one attached hydrogen (secondary N) is 1. The zero-order valence-electron chi connectivity index (χ0n) is 14.2. The van der Waals surface area contributed by atoms with Crippen LogP contribution < -0.4 is 10.5 Å². The second-order valence-electron chi connectivity index (χ2n) is 5.85. The minimum Gasteiger partial charge on any atom is -0.349 e. The molecule has 8 heteroatoms. The number of hydrogen-bond acceptors (Lipinski definition) is 4. The van der Waals surface area contributed by atoms with Crippen molar-refractivity contribution in [3.8, 4) is 0 Å². The maximum atomic E-state index is 12.3. The van der Waals surface area contributed by atoms with Gasteiger partial charge in [-0.1, -0.05) is 12.1 Å². The first-order chi connectivity index (χ1) is 11.1. The molecule has 2 rings (SSSR count). The lowest BCUT2D eigenvalue weighted by atomic mass is 10.1. The number of sulfonamides is 1. The van der Waals surface area contributed by atoms with Gasteiger partial charge in [0.2, 0.25) is 15.9 Å². The maximum Gasteiger partial charge on any atom is 0.238 e. The third-order valence-corrected chi connectivity index (χ3v) is 5.01. The van der Waals surface area contributed by atoms with Crippen LogP contribution in [0.15, 0.2) is 29.2 Å². The number of carbonyl (C=O) groups excluding carboxylic acids is 1. The van der Waals surface area contributed by atoms with Crippen molar-refractivity contribution in [2.24, 2.45) is 12.2 Å². The molecule has 0 aliphatic heterocycles. The summed E-state index contributed by atoms with van der Waals surface area (Å²) in [5.41, 5.74) is 3.53. The van der Waals surface area contributed by atoms with Crippen molar-refractivity contribution in [3.63, 3.8) is 0 Å². The van der Waals surface area contributed by atoms with Crippen LogP contribution >= 0.6 is 0 Å². The number of aromatic nitrogens is 2. The highest BCUT2D eigenvalue weighted by atomic mass is 32.2. The van der Waals surface area contributed by atoms with Crippen molar-refractivity contribution < 1.29 is 13.2 Å². The predicted octanol–water partition coefficient (Wildman–Crippen LogP) is 1.10. The van der Waals surface area contributed by atoms with E-state index < -0.39 is 10.0 Å². The summed E-state index contributed by atoms with van der Waals surface area (Å²) in [5, 5.41) is 12.3. The van der Waals surface area contributed by atoms with Crippen LogP contribution in [0.4, 0.5) is 0 Å². The fraction of sp³-hybridized carbons (Fsp3) is 0.375. The van der Waals surface area contributed by atoms with E-state index in [9.17, 15) is 13.2 Å². The monoisotopic (exact) mass is 350 g/mol. The second-order valence-corrected chi connectivity index (χ2v) is 7.41. The molecule has 0 spiro atoms. The normalized spacial score (nSPS) is 12.9. The first-order valence-electron chi connectivity index (χ1n) is 7.50. The van der Waals surface area contributed by atoms with Crippen LogP contribution in [0.1, 0.15) is 35.5 Å². The number of nitrogens with zero attached hydrogens (tertiary/aromatic N) is 2. The highest BCUT2D eigenvalue weighted by Crippen LogP contribution is 2.17. The first kappa shape index (κ1) is 18.2. The van der Waals surface area contributed by atoms with E-state index in [4.69, 9.17) is 5.14 Å². The van der Waals surface area contributed by atoms with Crippen molar-refractivity contribution >= 4 is 15.9 Å². The van der Waals surface area contributed by atoms with Crippen LogP contribution in [-0.4, -0.2) is 24.1 Å².